The van der Waals surface area contributed by atoms with Gasteiger partial charge in [0.1, 0.15) is 0 Å². The minimum absolute atomic E-state index is 0.542. The largest absolute Gasteiger partial charge is 0.314 e. The predicted octanol–water partition coefficient (Wildman–Crippen LogP) is 2.96. The molecule has 0 amide bonds. The molecule has 18 heavy (non-hydrogen) atoms. The van der Waals surface area contributed by atoms with Gasteiger partial charge in [-0.25, -0.2) is 0 Å². The zero-order valence-corrected chi connectivity index (χ0v) is 12.4. The molecule has 0 aliphatic heterocycles. The third-order valence-electron chi connectivity index (χ3n) is 3.75. The van der Waals surface area contributed by atoms with Crippen molar-refractivity contribution in [3.63, 3.8) is 0 Å². The molecule has 4 heteroatoms. The van der Waals surface area contributed by atoms with Gasteiger partial charge < -0.3 is 5.32 Å². The lowest BCUT2D eigenvalue weighted by Crippen LogP contribution is -2.32. The number of hydrogen-bond acceptors (Lipinski definition) is 2. The Labute approximate surface area is 115 Å². The van der Waals surface area contributed by atoms with E-state index in [1.54, 1.807) is 0 Å². The molecular weight excluding hydrogens is 246 g/mol. The molecule has 0 spiro atoms. The first-order chi connectivity index (χ1) is 8.65. The molecular formula is C14H24ClN3. The number of rotatable bonds is 7. The molecule has 1 N–H and O–H groups in total. The second kappa shape index (κ2) is 6.07. The Bertz CT molecular complexity index is 396. The first-order valence-electron chi connectivity index (χ1n) is 7.09. The number of halogens is 1. The Balaban J connectivity index is 2.06. The fraction of sp³-hybridized carbons (Fsp3) is 0.786. The zero-order valence-electron chi connectivity index (χ0n) is 11.7. The molecule has 0 radical (unpaired) electrons. The zero-order chi connectivity index (χ0) is 13.1. The van der Waals surface area contributed by atoms with E-state index in [1.165, 1.54) is 25.0 Å². The third kappa shape index (κ3) is 3.27. The number of nitrogens with one attached hydrogen (secondary N) is 1. The van der Waals surface area contributed by atoms with E-state index in [-0.39, 0.29) is 0 Å². The highest BCUT2D eigenvalue weighted by atomic mass is 35.5. The maximum absolute atomic E-state index is 6.42. The Morgan fingerprint density at radius 2 is 2.17 bits per heavy atom. The van der Waals surface area contributed by atoms with Gasteiger partial charge >= 0.3 is 0 Å². The highest BCUT2D eigenvalue weighted by Crippen LogP contribution is 2.34. The molecule has 1 heterocycles. The van der Waals surface area contributed by atoms with Crippen LogP contribution in [0, 0.1) is 5.92 Å². The normalized spacial score (nSPS) is 17.1. The van der Waals surface area contributed by atoms with Gasteiger partial charge in [-0.05, 0) is 25.3 Å². The van der Waals surface area contributed by atoms with Crippen molar-refractivity contribution in [2.24, 2.45) is 13.0 Å². The Hall–Kier alpha value is -0.540. The first-order valence-corrected chi connectivity index (χ1v) is 7.47. The van der Waals surface area contributed by atoms with Crippen molar-refractivity contribution in [1.82, 2.24) is 15.1 Å². The maximum Gasteiger partial charge on any atom is 0.0850 e. The minimum atomic E-state index is 0.542. The summed E-state index contributed by atoms with van der Waals surface area (Å²) < 4.78 is 1.96. The highest BCUT2D eigenvalue weighted by molar-refractivity contribution is 6.31. The standard InChI is InChI=1S/C14H24ClN3/c1-4-12-14(15)13(18(3)17-12)9-11(16-5-2)8-10-6-7-10/h10-11,16H,4-9H2,1-3H3. The molecule has 2 rings (SSSR count). The van der Waals surface area contributed by atoms with Gasteiger partial charge in [0.2, 0.25) is 0 Å². The monoisotopic (exact) mass is 269 g/mol. The van der Waals surface area contributed by atoms with E-state index in [0.29, 0.717) is 6.04 Å². The van der Waals surface area contributed by atoms with E-state index >= 15 is 0 Å². The molecule has 0 aromatic carbocycles. The fourth-order valence-electron chi connectivity index (χ4n) is 2.56. The van der Waals surface area contributed by atoms with Crippen LogP contribution in [0.3, 0.4) is 0 Å². The molecule has 1 aromatic heterocycles. The van der Waals surface area contributed by atoms with Gasteiger partial charge in [0.15, 0.2) is 0 Å². The number of nitrogens with zero attached hydrogens (tertiary/aromatic N) is 2. The van der Waals surface area contributed by atoms with Crippen molar-refractivity contribution in [3.05, 3.63) is 16.4 Å². The summed E-state index contributed by atoms with van der Waals surface area (Å²) in [6, 6.07) is 0.542. The highest BCUT2D eigenvalue weighted by Gasteiger charge is 2.26. The summed E-state index contributed by atoms with van der Waals surface area (Å²) in [7, 11) is 2.00. The van der Waals surface area contributed by atoms with E-state index in [9.17, 15) is 0 Å². The molecule has 3 nitrogen and oxygen atoms in total. The van der Waals surface area contributed by atoms with Crippen LogP contribution >= 0.6 is 11.6 Å². The third-order valence-corrected chi connectivity index (χ3v) is 4.19. The van der Waals surface area contributed by atoms with Crippen LogP contribution in [-0.4, -0.2) is 22.4 Å². The summed E-state index contributed by atoms with van der Waals surface area (Å²) >= 11 is 6.42. The van der Waals surface area contributed by atoms with E-state index in [0.717, 1.165) is 36.0 Å². The SMILES string of the molecule is CCNC(Cc1c(Cl)c(CC)nn1C)CC1CC1. The van der Waals surface area contributed by atoms with E-state index < -0.39 is 0 Å². The average Bonchev–Trinajstić information content (AvgIpc) is 3.11. The van der Waals surface area contributed by atoms with E-state index in [2.05, 4.69) is 24.3 Å². The van der Waals surface area contributed by atoms with Gasteiger partial charge in [0.05, 0.1) is 16.4 Å². The molecule has 0 saturated heterocycles. The van der Waals surface area contributed by atoms with E-state index in [1.807, 2.05) is 11.7 Å². The van der Waals surface area contributed by atoms with Gasteiger partial charge in [0.25, 0.3) is 0 Å². The topological polar surface area (TPSA) is 29.9 Å². The van der Waals surface area contributed by atoms with Gasteiger partial charge in [-0.3, -0.25) is 4.68 Å². The lowest BCUT2D eigenvalue weighted by atomic mass is 10.0. The van der Waals surface area contributed by atoms with E-state index in [4.69, 9.17) is 11.6 Å². The Morgan fingerprint density at radius 1 is 1.44 bits per heavy atom. The molecule has 0 bridgehead atoms. The number of hydrogen-bond donors (Lipinski definition) is 1. The van der Waals surface area contributed by atoms with Crippen LogP contribution in [0.15, 0.2) is 0 Å². The lowest BCUT2D eigenvalue weighted by Gasteiger charge is -2.18. The van der Waals surface area contributed by atoms with Crippen molar-refractivity contribution in [3.8, 4) is 0 Å². The minimum Gasteiger partial charge on any atom is -0.314 e. The second-order valence-electron chi connectivity index (χ2n) is 5.32. The molecule has 1 atom stereocenters. The van der Waals surface area contributed by atoms with Crippen LogP contribution in [0.25, 0.3) is 0 Å². The molecule has 1 aliphatic rings. The molecule has 1 saturated carbocycles. The number of likely N-dealkylation sites (N-methyl/N-ethyl adjacent to an activating group) is 1. The lowest BCUT2D eigenvalue weighted by molar-refractivity contribution is 0.455. The summed E-state index contributed by atoms with van der Waals surface area (Å²) in [4.78, 5) is 0. The van der Waals surface area contributed by atoms with Crippen LogP contribution in [0.2, 0.25) is 5.02 Å². The molecule has 1 unspecified atom stereocenters. The summed E-state index contributed by atoms with van der Waals surface area (Å²) in [6.45, 7) is 5.29. The van der Waals surface area contributed by atoms with Crippen LogP contribution in [-0.2, 0) is 19.9 Å². The van der Waals surface area contributed by atoms with Crippen molar-refractivity contribution in [2.75, 3.05) is 6.54 Å². The van der Waals surface area contributed by atoms with Crippen LogP contribution < -0.4 is 5.32 Å². The van der Waals surface area contributed by atoms with Crippen LogP contribution in [0.5, 0.6) is 0 Å². The van der Waals surface area contributed by atoms with Crippen LogP contribution in [0.1, 0.15) is 44.5 Å². The molecule has 102 valence electrons. The summed E-state index contributed by atoms with van der Waals surface area (Å²) in [5.74, 6) is 0.937. The molecule has 1 aliphatic carbocycles. The quantitative estimate of drug-likeness (QED) is 0.825. The maximum atomic E-state index is 6.42. The van der Waals surface area contributed by atoms with Crippen molar-refractivity contribution >= 4 is 11.6 Å². The number of aromatic nitrogens is 2. The average molecular weight is 270 g/mol. The van der Waals surface area contributed by atoms with Crippen molar-refractivity contribution in [1.29, 1.82) is 0 Å². The van der Waals surface area contributed by atoms with Gasteiger partial charge in [0, 0.05) is 19.5 Å². The molecule has 1 aromatic rings. The van der Waals surface area contributed by atoms with Crippen molar-refractivity contribution < 1.29 is 0 Å². The van der Waals surface area contributed by atoms with Crippen molar-refractivity contribution in [2.45, 2.75) is 52.0 Å². The van der Waals surface area contributed by atoms with Gasteiger partial charge in [-0.2, -0.15) is 5.10 Å². The van der Waals surface area contributed by atoms with Gasteiger partial charge in [-0.15, -0.1) is 0 Å². The summed E-state index contributed by atoms with van der Waals surface area (Å²) in [5.41, 5.74) is 2.20. The van der Waals surface area contributed by atoms with Crippen LogP contribution in [0.4, 0.5) is 0 Å². The Kier molecular flexibility index (Phi) is 4.68. The number of aryl methyl sites for hydroxylation is 2. The predicted molar refractivity (Wildman–Crippen MR) is 76.1 cm³/mol. The molecule has 1 fully saturated rings. The Morgan fingerprint density at radius 3 is 2.67 bits per heavy atom. The summed E-state index contributed by atoms with van der Waals surface area (Å²) in [6.07, 6.45) is 5.98. The van der Waals surface area contributed by atoms with Gasteiger partial charge in [-0.1, -0.05) is 38.3 Å². The second-order valence-corrected chi connectivity index (χ2v) is 5.70. The summed E-state index contributed by atoms with van der Waals surface area (Å²) in [5, 5.41) is 8.95. The smallest absolute Gasteiger partial charge is 0.0850 e. The first kappa shape index (κ1) is 13.9. The fourth-order valence-corrected chi connectivity index (χ4v) is 2.93.